The zero-order valence-corrected chi connectivity index (χ0v) is 14.2. The number of hydrogen-bond donors (Lipinski definition) is 0. The summed E-state index contributed by atoms with van der Waals surface area (Å²) in [6.07, 6.45) is 0. The largest absolute Gasteiger partial charge is 0.372 e. The van der Waals surface area contributed by atoms with E-state index in [1.807, 2.05) is 0 Å². The Balaban J connectivity index is 1.79. The highest BCUT2D eigenvalue weighted by Crippen LogP contribution is 2.31. The van der Waals surface area contributed by atoms with Crippen molar-refractivity contribution in [3.63, 3.8) is 0 Å². The molecule has 1 heterocycles. The molecule has 3 rings (SSSR count). The van der Waals surface area contributed by atoms with Gasteiger partial charge in [-0.15, -0.1) is 0 Å². The quantitative estimate of drug-likeness (QED) is 0.808. The lowest BCUT2D eigenvalue weighted by atomic mass is 10.0. The van der Waals surface area contributed by atoms with E-state index in [9.17, 15) is 0 Å². The number of fused-ring (bicyclic) bond motifs is 1. The van der Waals surface area contributed by atoms with Crippen molar-refractivity contribution >= 4 is 11.4 Å². The molecule has 0 unspecified atom stereocenters. The van der Waals surface area contributed by atoms with Crippen molar-refractivity contribution in [3.8, 4) is 0 Å². The first-order valence-corrected chi connectivity index (χ1v) is 8.31. The zero-order valence-electron chi connectivity index (χ0n) is 14.2. The van der Waals surface area contributed by atoms with Crippen LogP contribution in [-0.4, -0.2) is 13.1 Å². The van der Waals surface area contributed by atoms with Crippen LogP contribution in [0.1, 0.15) is 36.1 Å². The van der Waals surface area contributed by atoms with E-state index in [1.165, 1.54) is 33.6 Å². The standard InChI is InChI=1S/C20H26N2/c1-5-21(6-2)19-7-9-20(10-8-19)22-13-17-11-15(3)16(4)12-18(17)14-22/h7-12H,5-6,13-14H2,1-4H3. The summed E-state index contributed by atoms with van der Waals surface area (Å²) in [6, 6.07) is 13.7. The zero-order chi connectivity index (χ0) is 15.7. The topological polar surface area (TPSA) is 6.48 Å². The van der Waals surface area contributed by atoms with E-state index in [-0.39, 0.29) is 0 Å². The Kier molecular flexibility index (Phi) is 4.10. The fourth-order valence-electron chi connectivity index (χ4n) is 3.34. The van der Waals surface area contributed by atoms with Crippen LogP contribution >= 0.6 is 0 Å². The van der Waals surface area contributed by atoms with Gasteiger partial charge in [-0.05, 0) is 74.2 Å². The molecule has 2 aromatic rings. The van der Waals surface area contributed by atoms with Gasteiger partial charge in [0.1, 0.15) is 0 Å². The second kappa shape index (κ2) is 6.04. The minimum absolute atomic E-state index is 1.03. The maximum Gasteiger partial charge on any atom is 0.0436 e. The molecule has 0 radical (unpaired) electrons. The normalized spacial score (nSPS) is 13.4. The van der Waals surface area contributed by atoms with Crippen LogP contribution in [0.4, 0.5) is 11.4 Å². The number of aryl methyl sites for hydroxylation is 2. The van der Waals surface area contributed by atoms with Gasteiger partial charge >= 0.3 is 0 Å². The summed E-state index contributed by atoms with van der Waals surface area (Å²) >= 11 is 0. The molecule has 0 N–H and O–H groups in total. The van der Waals surface area contributed by atoms with Crippen molar-refractivity contribution in [2.75, 3.05) is 22.9 Å². The first-order chi connectivity index (χ1) is 10.6. The van der Waals surface area contributed by atoms with Gasteiger partial charge in [0.15, 0.2) is 0 Å². The summed E-state index contributed by atoms with van der Waals surface area (Å²) in [6.45, 7) is 13.0. The molecule has 0 saturated carbocycles. The van der Waals surface area contributed by atoms with Gasteiger partial charge in [-0.3, -0.25) is 0 Å². The minimum Gasteiger partial charge on any atom is -0.372 e. The third kappa shape index (κ3) is 2.70. The Morgan fingerprint density at radius 1 is 0.864 bits per heavy atom. The van der Waals surface area contributed by atoms with Gasteiger partial charge < -0.3 is 9.80 Å². The molecule has 0 aromatic heterocycles. The average Bonchev–Trinajstić information content (AvgIpc) is 2.92. The lowest BCUT2D eigenvalue weighted by molar-refractivity contribution is 0.861. The molecule has 2 nitrogen and oxygen atoms in total. The van der Waals surface area contributed by atoms with E-state index in [1.54, 1.807) is 0 Å². The number of hydrogen-bond acceptors (Lipinski definition) is 2. The van der Waals surface area contributed by atoms with E-state index >= 15 is 0 Å². The molecular weight excluding hydrogens is 268 g/mol. The third-order valence-electron chi connectivity index (χ3n) is 4.88. The molecule has 0 amide bonds. The first-order valence-electron chi connectivity index (χ1n) is 8.31. The highest BCUT2D eigenvalue weighted by Gasteiger charge is 2.20. The van der Waals surface area contributed by atoms with Crippen LogP contribution in [0.5, 0.6) is 0 Å². The summed E-state index contributed by atoms with van der Waals surface area (Å²) in [7, 11) is 0. The third-order valence-corrected chi connectivity index (χ3v) is 4.88. The van der Waals surface area contributed by atoms with Crippen LogP contribution in [0, 0.1) is 13.8 Å². The van der Waals surface area contributed by atoms with E-state index in [0.29, 0.717) is 0 Å². The van der Waals surface area contributed by atoms with Gasteiger partial charge in [-0.1, -0.05) is 12.1 Å². The monoisotopic (exact) mass is 294 g/mol. The van der Waals surface area contributed by atoms with Gasteiger partial charge in [-0.25, -0.2) is 0 Å². The molecule has 2 heteroatoms. The Bertz CT molecular complexity index is 623. The fraction of sp³-hybridized carbons (Fsp3) is 0.400. The predicted molar refractivity (Wildman–Crippen MR) is 95.8 cm³/mol. The van der Waals surface area contributed by atoms with Crippen LogP contribution in [0.2, 0.25) is 0 Å². The lowest BCUT2D eigenvalue weighted by Crippen LogP contribution is -2.22. The van der Waals surface area contributed by atoms with Crippen LogP contribution in [-0.2, 0) is 13.1 Å². The average molecular weight is 294 g/mol. The highest BCUT2D eigenvalue weighted by molar-refractivity contribution is 5.59. The second-order valence-electron chi connectivity index (χ2n) is 6.25. The lowest BCUT2D eigenvalue weighted by Gasteiger charge is -2.23. The van der Waals surface area contributed by atoms with Crippen molar-refractivity contribution in [2.45, 2.75) is 40.8 Å². The summed E-state index contributed by atoms with van der Waals surface area (Å²) in [5.41, 5.74) is 8.40. The SMILES string of the molecule is CCN(CC)c1ccc(N2Cc3cc(C)c(C)cc3C2)cc1. The Hall–Kier alpha value is -1.96. The van der Waals surface area contributed by atoms with Gasteiger partial charge in [0.05, 0.1) is 0 Å². The Morgan fingerprint density at radius 3 is 1.82 bits per heavy atom. The Labute approximate surface area is 134 Å². The summed E-state index contributed by atoms with van der Waals surface area (Å²) in [4.78, 5) is 4.85. The maximum absolute atomic E-state index is 2.47. The van der Waals surface area contributed by atoms with Crippen LogP contribution in [0.3, 0.4) is 0 Å². The molecule has 22 heavy (non-hydrogen) atoms. The van der Waals surface area contributed by atoms with E-state index < -0.39 is 0 Å². The van der Waals surface area contributed by atoms with E-state index in [4.69, 9.17) is 0 Å². The van der Waals surface area contributed by atoms with Crippen LogP contribution in [0.25, 0.3) is 0 Å². The first kappa shape index (κ1) is 15.0. The molecule has 0 saturated heterocycles. The molecule has 116 valence electrons. The smallest absolute Gasteiger partial charge is 0.0436 e. The number of benzene rings is 2. The number of nitrogens with zero attached hydrogens (tertiary/aromatic N) is 2. The number of rotatable bonds is 4. The number of anilines is 2. The van der Waals surface area contributed by atoms with Crippen molar-refractivity contribution < 1.29 is 0 Å². The molecule has 2 aromatic carbocycles. The van der Waals surface area contributed by atoms with Crippen molar-refractivity contribution in [1.29, 1.82) is 0 Å². The van der Waals surface area contributed by atoms with E-state index in [0.717, 1.165) is 26.2 Å². The van der Waals surface area contributed by atoms with Crippen LogP contribution < -0.4 is 9.80 Å². The highest BCUT2D eigenvalue weighted by atomic mass is 15.1. The van der Waals surface area contributed by atoms with Gasteiger partial charge in [0.2, 0.25) is 0 Å². The fourth-order valence-corrected chi connectivity index (χ4v) is 3.34. The summed E-state index contributed by atoms with van der Waals surface area (Å²) < 4.78 is 0. The summed E-state index contributed by atoms with van der Waals surface area (Å²) in [5.74, 6) is 0. The second-order valence-corrected chi connectivity index (χ2v) is 6.25. The van der Waals surface area contributed by atoms with Crippen molar-refractivity contribution in [2.24, 2.45) is 0 Å². The predicted octanol–water partition coefficient (Wildman–Crippen LogP) is 4.67. The van der Waals surface area contributed by atoms with Gasteiger partial charge in [-0.2, -0.15) is 0 Å². The molecular formula is C20H26N2. The maximum atomic E-state index is 2.47. The molecule has 1 aliphatic rings. The molecule has 0 atom stereocenters. The molecule has 0 bridgehead atoms. The summed E-state index contributed by atoms with van der Waals surface area (Å²) in [5, 5.41) is 0. The Morgan fingerprint density at radius 2 is 1.36 bits per heavy atom. The van der Waals surface area contributed by atoms with E-state index in [2.05, 4.69) is 73.9 Å². The minimum atomic E-state index is 1.03. The molecule has 1 aliphatic heterocycles. The molecule has 0 aliphatic carbocycles. The van der Waals surface area contributed by atoms with Crippen molar-refractivity contribution in [1.82, 2.24) is 0 Å². The van der Waals surface area contributed by atoms with Gasteiger partial charge in [0, 0.05) is 37.6 Å². The molecule has 0 fully saturated rings. The molecule has 0 spiro atoms. The van der Waals surface area contributed by atoms with Crippen molar-refractivity contribution in [3.05, 3.63) is 58.7 Å². The van der Waals surface area contributed by atoms with Gasteiger partial charge in [0.25, 0.3) is 0 Å². The van der Waals surface area contributed by atoms with Crippen LogP contribution in [0.15, 0.2) is 36.4 Å².